The van der Waals surface area contributed by atoms with Crippen molar-refractivity contribution in [3.05, 3.63) is 40.2 Å². The average Bonchev–Trinajstić information content (AvgIpc) is 2.99. The third kappa shape index (κ3) is 4.87. The lowest BCUT2D eigenvalue weighted by Crippen LogP contribution is -2.21. The van der Waals surface area contributed by atoms with Crippen molar-refractivity contribution in [2.75, 3.05) is 23.2 Å². The van der Waals surface area contributed by atoms with E-state index in [2.05, 4.69) is 11.6 Å². The van der Waals surface area contributed by atoms with Crippen LogP contribution in [0.5, 0.6) is 0 Å². The second-order valence-electron chi connectivity index (χ2n) is 5.48. The molecule has 2 aromatic rings. The number of hydrogen-bond acceptors (Lipinski definition) is 5. The van der Waals surface area contributed by atoms with E-state index in [1.54, 1.807) is 12.1 Å². The SMILES string of the molecule is CCCCN(C)c1ccc(NS(=O)(=O)c2ccc(Cl)s2)cc1C(=O)O. The lowest BCUT2D eigenvalue weighted by molar-refractivity contribution is 0.0697. The van der Waals surface area contributed by atoms with Crippen molar-refractivity contribution >= 4 is 50.3 Å². The third-order valence-corrected chi connectivity index (χ3v) is 6.66. The van der Waals surface area contributed by atoms with Crippen LogP contribution in [0.15, 0.2) is 34.5 Å². The number of thiophene rings is 1. The number of anilines is 2. The Labute approximate surface area is 156 Å². The first-order chi connectivity index (χ1) is 11.7. The van der Waals surface area contributed by atoms with Crippen molar-refractivity contribution in [3.63, 3.8) is 0 Å². The molecular weight excluding hydrogens is 384 g/mol. The molecule has 1 aromatic heterocycles. The summed E-state index contributed by atoms with van der Waals surface area (Å²) in [6, 6.07) is 7.39. The van der Waals surface area contributed by atoms with Gasteiger partial charge in [-0.3, -0.25) is 4.72 Å². The molecule has 9 heteroatoms. The Morgan fingerprint density at radius 2 is 2.04 bits per heavy atom. The van der Waals surface area contributed by atoms with Crippen molar-refractivity contribution in [3.8, 4) is 0 Å². The minimum absolute atomic E-state index is 0.0445. The van der Waals surface area contributed by atoms with Gasteiger partial charge in [-0.25, -0.2) is 13.2 Å². The Morgan fingerprint density at radius 3 is 2.60 bits per heavy atom. The van der Waals surface area contributed by atoms with Crippen LogP contribution in [0.3, 0.4) is 0 Å². The van der Waals surface area contributed by atoms with E-state index in [0.717, 1.165) is 30.7 Å². The number of carboxylic acid groups (broad SMARTS) is 1. The molecule has 0 aliphatic carbocycles. The van der Waals surface area contributed by atoms with Gasteiger partial charge in [-0.15, -0.1) is 11.3 Å². The molecule has 2 rings (SSSR count). The fourth-order valence-corrected chi connectivity index (χ4v) is 4.80. The molecule has 0 spiro atoms. The molecule has 0 saturated heterocycles. The zero-order chi connectivity index (χ0) is 18.6. The lowest BCUT2D eigenvalue weighted by atomic mass is 10.1. The molecule has 0 radical (unpaired) electrons. The Balaban J connectivity index is 2.31. The molecule has 0 atom stereocenters. The summed E-state index contributed by atoms with van der Waals surface area (Å²) >= 11 is 6.71. The summed E-state index contributed by atoms with van der Waals surface area (Å²) < 4.78 is 27.5. The molecule has 0 aliphatic rings. The molecule has 0 saturated carbocycles. The molecule has 0 fully saturated rings. The van der Waals surface area contributed by atoms with Crippen molar-refractivity contribution < 1.29 is 18.3 Å². The summed E-state index contributed by atoms with van der Waals surface area (Å²) in [5.74, 6) is -1.11. The minimum atomic E-state index is -3.80. The van der Waals surface area contributed by atoms with E-state index in [9.17, 15) is 18.3 Å². The van der Waals surface area contributed by atoms with Gasteiger partial charge in [0.25, 0.3) is 10.0 Å². The molecule has 0 amide bonds. The summed E-state index contributed by atoms with van der Waals surface area (Å²) in [5.41, 5.74) is 0.778. The Hall–Kier alpha value is -1.77. The van der Waals surface area contributed by atoms with Gasteiger partial charge in [0.15, 0.2) is 0 Å². The summed E-state index contributed by atoms with van der Waals surface area (Å²) in [5, 5.41) is 9.46. The first-order valence-electron chi connectivity index (χ1n) is 7.61. The third-order valence-electron chi connectivity index (χ3n) is 3.55. The molecule has 0 unspecified atom stereocenters. The van der Waals surface area contributed by atoms with Crippen molar-refractivity contribution in [2.45, 2.75) is 24.0 Å². The number of carbonyl (C=O) groups is 1. The van der Waals surface area contributed by atoms with E-state index < -0.39 is 16.0 Å². The highest BCUT2D eigenvalue weighted by Gasteiger charge is 2.19. The van der Waals surface area contributed by atoms with E-state index in [0.29, 0.717) is 10.0 Å². The highest BCUT2D eigenvalue weighted by Crippen LogP contribution is 2.29. The largest absolute Gasteiger partial charge is 0.478 e. The van der Waals surface area contributed by atoms with Gasteiger partial charge in [-0.2, -0.15) is 0 Å². The lowest BCUT2D eigenvalue weighted by Gasteiger charge is -2.21. The first-order valence-corrected chi connectivity index (χ1v) is 10.3. The van der Waals surface area contributed by atoms with Gasteiger partial charge in [0.1, 0.15) is 4.21 Å². The molecule has 6 nitrogen and oxygen atoms in total. The van der Waals surface area contributed by atoms with Crippen LogP contribution in [-0.2, 0) is 10.0 Å². The Bertz CT molecular complexity index is 865. The fraction of sp³-hybridized carbons (Fsp3) is 0.312. The standard InChI is InChI=1S/C16H19ClN2O4S2/c1-3-4-9-19(2)13-6-5-11(10-12(13)16(20)21)18-25(22,23)15-8-7-14(17)24-15/h5-8,10,18H,3-4,9H2,1-2H3,(H,20,21). The van der Waals surface area contributed by atoms with Gasteiger partial charge in [0.05, 0.1) is 15.6 Å². The normalized spacial score (nSPS) is 11.3. The van der Waals surface area contributed by atoms with Crippen LogP contribution >= 0.6 is 22.9 Å². The topological polar surface area (TPSA) is 86.7 Å². The van der Waals surface area contributed by atoms with E-state index in [4.69, 9.17) is 11.6 Å². The molecule has 25 heavy (non-hydrogen) atoms. The number of nitrogens with zero attached hydrogens (tertiary/aromatic N) is 1. The van der Waals surface area contributed by atoms with E-state index in [1.807, 2.05) is 11.9 Å². The highest BCUT2D eigenvalue weighted by atomic mass is 35.5. The molecule has 136 valence electrons. The maximum atomic E-state index is 12.3. The number of hydrogen-bond donors (Lipinski definition) is 2. The van der Waals surface area contributed by atoms with Crippen molar-refractivity contribution in [2.24, 2.45) is 0 Å². The summed E-state index contributed by atoms with van der Waals surface area (Å²) in [6.07, 6.45) is 1.93. The molecule has 1 aromatic carbocycles. The van der Waals surface area contributed by atoms with Crippen LogP contribution in [0.25, 0.3) is 0 Å². The predicted molar refractivity (Wildman–Crippen MR) is 102 cm³/mol. The number of sulfonamides is 1. The Morgan fingerprint density at radius 1 is 1.32 bits per heavy atom. The minimum Gasteiger partial charge on any atom is -0.478 e. The quantitative estimate of drug-likeness (QED) is 0.693. The monoisotopic (exact) mass is 402 g/mol. The number of rotatable bonds is 8. The fourth-order valence-electron chi connectivity index (χ4n) is 2.27. The van der Waals surface area contributed by atoms with Crippen LogP contribution in [0.4, 0.5) is 11.4 Å². The molecular formula is C16H19ClN2O4S2. The maximum absolute atomic E-state index is 12.3. The van der Waals surface area contributed by atoms with Crippen LogP contribution in [0, 0.1) is 0 Å². The van der Waals surface area contributed by atoms with Crippen LogP contribution in [0.1, 0.15) is 30.1 Å². The molecule has 2 N–H and O–H groups in total. The number of benzene rings is 1. The van der Waals surface area contributed by atoms with Crippen LogP contribution < -0.4 is 9.62 Å². The van der Waals surface area contributed by atoms with Gasteiger partial charge in [0, 0.05) is 19.3 Å². The average molecular weight is 403 g/mol. The van der Waals surface area contributed by atoms with Gasteiger partial charge in [-0.05, 0) is 36.8 Å². The number of halogens is 1. The van der Waals surface area contributed by atoms with E-state index >= 15 is 0 Å². The number of aromatic carboxylic acids is 1. The molecule has 0 bridgehead atoms. The maximum Gasteiger partial charge on any atom is 0.337 e. The van der Waals surface area contributed by atoms with Crippen molar-refractivity contribution in [1.29, 1.82) is 0 Å². The highest BCUT2D eigenvalue weighted by molar-refractivity contribution is 7.94. The number of carboxylic acids is 1. The summed E-state index contributed by atoms with van der Waals surface area (Å²) in [6.45, 7) is 2.77. The van der Waals surface area contributed by atoms with Gasteiger partial charge in [-0.1, -0.05) is 24.9 Å². The Kier molecular flexibility index (Phi) is 6.31. The number of unbranched alkanes of at least 4 members (excludes halogenated alkanes) is 1. The van der Waals surface area contributed by atoms with Gasteiger partial charge >= 0.3 is 5.97 Å². The van der Waals surface area contributed by atoms with Crippen molar-refractivity contribution in [1.82, 2.24) is 0 Å². The zero-order valence-corrected chi connectivity index (χ0v) is 16.2. The first kappa shape index (κ1) is 19.6. The zero-order valence-electron chi connectivity index (χ0n) is 13.8. The van der Waals surface area contributed by atoms with Crippen LogP contribution in [-0.4, -0.2) is 33.1 Å². The van der Waals surface area contributed by atoms with Crippen LogP contribution in [0.2, 0.25) is 4.34 Å². The smallest absolute Gasteiger partial charge is 0.337 e. The van der Waals surface area contributed by atoms with Gasteiger partial charge in [0.2, 0.25) is 0 Å². The van der Waals surface area contributed by atoms with E-state index in [-0.39, 0.29) is 15.5 Å². The van der Waals surface area contributed by atoms with E-state index in [1.165, 1.54) is 18.2 Å². The molecule has 0 aliphatic heterocycles. The summed E-state index contributed by atoms with van der Waals surface area (Å²) in [4.78, 5) is 13.4. The predicted octanol–water partition coefficient (Wildman–Crippen LogP) is 4.14. The van der Waals surface area contributed by atoms with Gasteiger partial charge < -0.3 is 10.0 Å². The number of nitrogens with one attached hydrogen (secondary N) is 1. The second kappa shape index (κ2) is 8.07. The summed E-state index contributed by atoms with van der Waals surface area (Å²) in [7, 11) is -1.99. The molecule has 1 heterocycles. The second-order valence-corrected chi connectivity index (χ2v) is 9.10.